The fourth-order valence-electron chi connectivity index (χ4n) is 1.26. The maximum Gasteiger partial charge on any atom is 0.354 e. The lowest BCUT2D eigenvalue weighted by atomic mass is 10.3. The number of nitrogens with zero attached hydrogens (tertiary/aromatic N) is 2. The van der Waals surface area contributed by atoms with Crippen LogP contribution in [0.4, 0.5) is 5.69 Å². The van der Waals surface area contributed by atoms with E-state index in [1.807, 2.05) is 11.9 Å². The molecule has 0 spiro atoms. The number of aromatic nitrogens is 1. The van der Waals surface area contributed by atoms with Crippen molar-refractivity contribution in [2.45, 2.75) is 6.42 Å². The van der Waals surface area contributed by atoms with Crippen molar-refractivity contribution < 1.29 is 14.7 Å². The summed E-state index contributed by atoms with van der Waals surface area (Å²) < 4.78 is 0. The molecule has 1 rings (SSSR count). The zero-order chi connectivity index (χ0) is 12.8. The van der Waals surface area contributed by atoms with Crippen molar-refractivity contribution in [2.75, 3.05) is 25.5 Å². The molecule has 1 aromatic rings. The fourth-order valence-corrected chi connectivity index (χ4v) is 1.26. The van der Waals surface area contributed by atoms with E-state index in [0.717, 1.165) is 5.69 Å². The minimum absolute atomic E-state index is 0.00783. The molecule has 17 heavy (non-hydrogen) atoms. The van der Waals surface area contributed by atoms with E-state index in [9.17, 15) is 9.59 Å². The summed E-state index contributed by atoms with van der Waals surface area (Å²) in [6, 6.07) is 3.11. The zero-order valence-electron chi connectivity index (χ0n) is 9.80. The number of aromatic carboxylic acids is 1. The first-order valence-electron chi connectivity index (χ1n) is 5.15. The molecule has 0 saturated heterocycles. The Morgan fingerprint density at radius 3 is 2.65 bits per heavy atom. The number of anilines is 1. The Morgan fingerprint density at radius 1 is 1.47 bits per heavy atom. The molecular weight excluding hydrogens is 222 g/mol. The number of carboxylic acid groups (broad SMARTS) is 1. The molecule has 2 N–H and O–H groups in total. The first-order chi connectivity index (χ1) is 8.04. The molecule has 1 amide bonds. The number of hydrogen-bond acceptors (Lipinski definition) is 4. The number of carboxylic acids is 1. The SMILES string of the molecule is CNC(=O)CCN(C)c1ccc(C(=O)O)nc1. The van der Waals surface area contributed by atoms with Gasteiger partial charge >= 0.3 is 5.97 Å². The Kier molecular flexibility index (Phi) is 4.45. The molecular formula is C11H15N3O3. The molecule has 0 unspecified atom stereocenters. The summed E-state index contributed by atoms with van der Waals surface area (Å²) in [7, 11) is 3.41. The topological polar surface area (TPSA) is 82.5 Å². The molecule has 0 fully saturated rings. The molecule has 0 saturated carbocycles. The second kappa shape index (κ2) is 5.83. The van der Waals surface area contributed by atoms with Crippen LogP contribution in [0.1, 0.15) is 16.9 Å². The second-order valence-corrected chi connectivity index (χ2v) is 3.55. The van der Waals surface area contributed by atoms with E-state index in [1.54, 1.807) is 13.1 Å². The molecule has 0 aliphatic carbocycles. The van der Waals surface area contributed by atoms with Crippen molar-refractivity contribution in [1.29, 1.82) is 0 Å². The summed E-state index contributed by atoms with van der Waals surface area (Å²) >= 11 is 0. The molecule has 1 aromatic heterocycles. The predicted molar refractivity (Wildman–Crippen MR) is 63.2 cm³/mol. The molecule has 0 aromatic carbocycles. The summed E-state index contributed by atoms with van der Waals surface area (Å²) in [6.45, 7) is 0.549. The van der Waals surface area contributed by atoms with Crippen LogP contribution in [-0.4, -0.2) is 42.6 Å². The lowest BCUT2D eigenvalue weighted by Gasteiger charge is -2.18. The third-order valence-corrected chi connectivity index (χ3v) is 2.36. The molecule has 6 nitrogen and oxygen atoms in total. The molecule has 0 radical (unpaired) electrons. The minimum atomic E-state index is -1.05. The van der Waals surface area contributed by atoms with E-state index in [1.165, 1.54) is 12.3 Å². The molecule has 1 heterocycles. The van der Waals surface area contributed by atoms with Gasteiger partial charge in [0.25, 0.3) is 0 Å². The number of pyridine rings is 1. The highest BCUT2D eigenvalue weighted by molar-refractivity contribution is 5.85. The van der Waals surface area contributed by atoms with Gasteiger partial charge in [0.1, 0.15) is 5.69 Å². The third kappa shape index (κ3) is 3.75. The lowest BCUT2D eigenvalue weighted by Crippen LogP contribution is -2.26. The highest BCUT2D eigenvalue weighted by Crippen LogP contribution is 2.11. The van der Waals surface area contributed by atoms with Gasteiger partial charge in [-0.2, -0.15) is 0 Å². The largest absolute Gasteiger partial charge is 0.477 e. The summed E-state index contributed by atoms with van der Waals surface area (Å²) in [6.07, 6.45) is 1.86. The fraction of sp³-hybridized carbons (Fsp3) is 0.364. The quantitative estimate of drug-likeness (QED) is 0.772. The number of carbonyl (C=O) groups is 2. The maximum atomic E-state index is 11.1. The third-order valence-electron chi connectivity index (χ3n) is 2.36. The van der Waals surface area contributed by atoms with Gasteiger partial charge in [-0.15, -0.1) is 0 Å². The average Bonchev–Trinajstić information content (AvgIpc) is 2.35. The Balaban J connectivity index is 2.60. The molecule has 0 bridgehead atoms. The summed E-state index contributed by atoms with van der Waals surface area (Å²) in [4.78, 5) is 27.3. The van der Waals surface area contributed by atoms with Crippen LogP contribution in [0.15, 0.2) is 18.3 Å². The van der Waals surface area contributed by atoms with Gasteiger partial charge in [-0.1, -0.05) is 0 Å². The normalized spacial score (nSPS) is 9.76. The summed E-state index contributed by atoms with van der Waals surface area (Å²) in [5.74, 6) is -1.09. The van der Waals surface area contributed by atoms with Crippen LogP contribution in [0.2, 0.25) is 0 Å². The van der Waals surface area contributed by atoms with Crippen molar-refractivity contribution in [3.05, 3.63) is 24.0 Å². The summed E-state index contributed by atoms with van der Waals surface area (Å²) in [5.41, 5.74) is 0.785. The summed E-state index contributed by atoms with van der Waals surface area (Å²) in [5, 5.41) is 11.2. The van der Waals surface area contributed by atoms with Crippen LogP contribution in [0.25, 0.3) is 0 Å². The Labute approximate surface area is 99.3 Å². The van der Waals surface area contributed by atoms with Gasteiger partial charge in [-0.25, -0.2) is 9.78 Å². The van der Waals surface area contributed by atoms with Crippen molar-refractivity contribution in [3.8, 4) is 0 Å². The molecule has 0 aliphatic heterocycles. The molecule has 6 heteroatoms. The lowest BCUT2D eigenvalue weighted by molar-refractivity contribution is -0.120. The number of hydrogen-bond donors (Lipinski definition) is 2. The average molecular weight is 237 g/mol. The maximum absolute atomic E-state index is 11.1. The predicted octanol–water partition coefficient (Wildman–Crippen LogP) is 0.352. The first-order valence-corrected chi connectivity index (χ1v) is 5.15. The Morgan fingerprint density at radius 2 is 2.18 bits per heavy atom. The zero-order valence-corrected chi connectivity index (χ0v) is 9.80. The van der Waals surface area contributed by atoms with E-state index in [2.05, 4.69) is 10.3 Å². The van der Waals surface area contributed by atoms with Gasteiger partial charge < -0.3 is 15.3 Å². The highest BCUT2D eigenvalue weighted by atomic mass is 16.4. The van der Waals surface area contributed by atoms with Crippen LogP contribution < -0.4 is 10.2 Å². The molecule has 92 valence electrons. The van der Waals surface area contributed by atoms with Gasteiger partial charge in [0.05, 0.1) is 11.9 Å². The second-order valence-electron chi connectivity index (χ2n) is 3.55. The van der Waals surface area contributed by atoms with Crippen molar-refractivity contribution in [3.63, 3.8) is 0 Å². The van der Waals surface area contributed by atoms with Crippen LogP contribution >= 0.6 is 0 Å². The van der Waals surface area contributed by atoms with Crippen LogP contribution in [0, 0.1) is 0 Å². The van der Waals surface area contributed by atoms with E-state index in [-0.39, 0.29) is 11.6 Å². The van der Waals surface area contributed by atoms with E-state index in [0.29, 0.717) is 13.0 Å². The standard InChI is InChI=1S/C11H15N3O3/c1-12-10(15)5-6-14(2)8-3-4-9(11(16)17)13-7-8/h3-4,7H,5-6H2,1-2H3,(H,12,15)(H,16,17). The van der Waals surface area contributed by atoms with Crippen LogP contribution in [-0.2, 0) is 4.79 Å². The number of carbonyl (C=O) groups excluding carboxylic acids is 1. The van der Waals surface area contributed by atoms with Gasteiger partial charge in [0.15, 0.2) is 0 Å². The number of nitrogens with one attached hydrogen (secondary N) is 1. The van der Waals surface area contributed by atoms with E-state index >= 15 is 0 Å². The number of rotatable bonds is 5. The molecule has 0 atom stereocenters. The van der Waals surface area contributed by atoms with Crippen molar-refractivity contribution >= 4 is 17.6 Å². The Hall–Kier alpha value is -2.11. The van der Waals surface area contributed by atoms with Gasteiger partial charge in [-0.05, 0) is 12.1 Å². The van der Waals surface area contributed by atoms with Gasteiger partial charge in [0.2, 0.25) is 5.91 Å². The van der Waals surface area contributed by atoms with E-state index < -0.39 is 5.97 Å². The molecule has 0 aliphatic rings. The van der Waals surface area contributed by atoms with Crippen LogP contribution in [0.5, 0.6) is 0 Å². The van der Waals surface area contributed by atoms with E-state index in [4.69, 9.17) is 5.11 Å². The minimum Gasteiger partial charge on any atom is -0.477 e. The van der Waals surface area contributed by atoms with Gasteiger partial charge in [0, 0.05) is 27.1 Å². The first kappa shape index (κ1) is 13.0. The monoisotopic (exact) mass is 237 g/mol. The Bertz CT molecular complexity index is 403. The highest BCUT2D eigenvalue weighted by Gasteiger charge is 2.07. The number of amides is 1. The van der Waals surface area contributed by atoms with Gasteiger partial charge in [-0.3, -0.25) is 4.79 Å². The smallest absolute Gasteiger partial charge is 0.354 e. The van der Waals surface area contributed by atoms with Crippen molar-refractivity contribution in [1.82, 2.24) is 10.3 Å². The van der Waals surface area contributed by atoms with Crippen LogP contribution in [0.3, 0.4) is 0 Å². The van der Waals surface area contributed by atoms with Crippen molar-refractivity contribution in [2.24, 2.45) is 0 Å².